The van der Waals surface area contributed by atoms with Crippen LogP contribution in [0.1, 0.15) is 17.0 Å². The van der Waals surface area contributed by atoms with Gasteiger partial charge in [0.15, 0.2) is 0 Å². The second kappa shape index (κ2) is 6.29. The molecule has 5 heteroatoms. The Kier molecular flexibility index (Phi) is 7.48. The van der Waals surface area contributed by atoms with E-state index in [9.17, 15) is 0 Å². The number of rotatable bonds is 2. The number of aromatic amines is 1. The Bertz CT molecular complexity index is 222. The number of hydrogen-bond donors (Lipinski definition) is 2. The lowest BCUT2D eigenvalue weighted by Crippen LogP contribution is -2.03. The Morgan fingerprint density at radius 3 is 2.25 bits per heavy atom. The van der Waals surface area contributed by atoms with Gasteiger partial charge in [-0.15, -0.1) is 24.8 Å². The molecule has 0 saturated heterocycles. The zero-order valence-electron chi connectivity index (χ0n) is 7.26. The molecule has 0 aliphatic heterocycles. The van der Waals surface area contributed by atoms with Crippen LogP contribution in [0.2, 0.25) is 0 Å². The second-order valence-corrected chi connectivity index (χ2v) is 2.46. The van der Waals surface area contributed by atoms with Gasteiger partial charge in [0.25, 0.3) is 0 Å². The third kappa shape index (κ3) is 3.01. The minimum absolute atomic E-state index is 0. The average Bonchev–Trinajstić information content (AvgIpc) is 2.20. The number of aryl methyl sites for hydroxylation is 1. The minimum Gasteiger partial charge on any atom is -0.330 e. The monoisotopic (exact) mass is 211 g/mol. The molecule has 0 saturated carbocycles. The summed E-state index contributed by atoms with van der Waals surface area (Å²) in [6, 6.07) is 0. The predicted molar refractivity (Wildman–Crippen MR) is 55.3 cm³/mol. The molecule has 0 aliphatic rings. The van der Waals surface area contributed by atoms with Crippen molar-refractivity contribution in [1.82, 2.24) is 10.2 Å². The summed E-state index contributed by atoms with van der Waals surface area (Å²) in [5.41, 5.74) is 8.87. The van der Waals surface area contributed by atoms with Gasteiger partial charge in [0.1, 0.15) is 0 Å². The van der Waals surface area contributed by atoms with E-state index in [2.05, 4.69) is 17.1 Å². The fourth-order valence-electron chi connectivity index (χ4n) is 0.916. The van der Waals surface area contributed by atoms with Crippen molar-refractivity contribution < 1.29 is 0 Å². The molecule has 1 heterocycles. The number of halogens is 2. The lowest BCUT2D eigenvalue weighted by molar-refractivity contribution is 0.893. The molecule has 0 bridgehead atoms. The van der Waals surface area contributed by atoms with Crippen LogP contribution in [0.5, 0.6) is 0 Å². The predicted octanol–water partition coefficient (Wildman–Crippen LogP) is 1.37. The lowest BCUT2D eigenvalue weighted by Gasteiger charge is -1.92. The van der Waals surface area contributed by atoms with Gasteiger partial charge in [-0.05, 0) is 26.0 Å². The topological polar surface area (TPSA) is 54.7 Å². The van der Waals surface area contributed by atoms with Gasteiger partial charge in [0, 0.05) is 12.1 Å². The van der Waals surface area contributed by atoms with Gasteiger partial charge < -0.3 is 5.73 Å². The second-order valence-electron chi connectivity index (χ2n) is 2.46. The summed E-state index contributed by atoms with van der Waals surface area (Å²) < 4.78 is 0. The van der Waals surface area contributed by atoms with Crippen molar-refractivity contribution in [3.8, 4) is 0 Å². The first kappa shape index (κ1) is 14.3. The number of nitrogens with one attached hydrogen (secondary N) is 1. The summed E-state index contributed by atoms with van der Waals surface area (Å²) in [4.78, 5) is 0. The molecule has 0 aliphatic carbocycles. The van der Waals surface area contributed by atoms with Crippen LogP contribution < -0.4 is 5.73 Å². The van der Waals surface area contributed by atoms with E-state index < -0.39 is 0 Å². The van der Waals surface area contributed by atoms with Crippen molar-refractivity contribution in [1.29, 1.82) is 0 Å². The van der Waals surface area contributed by atoms with E-state index in [1.165, 1.54) is 5.56 Å². The molecule has 0 fully saturated rings. The molecule has 0 amide bonds. The first-order valence-corrected chi connectivity index (χ1v) is 3.46. The van der Waals surface area contributed by atoms with E-state index in [1.54, 1.807) is 0 Å². The Labute approximate surface area is 84.9 Å². The van der Waals surface area contributed by atoms with Gasteiger partial charge in [-0.2, -0.15) is 5.10 Å². The Hall–Kier alpha value is -0.250. The third-order valence-corrected chi connectivity index (χ3v) is 1.74. The zero-order chi connectivity index (χ0) is 7.56. The first-order valence-electron chi connectivity index (χ1n) is 3.46. The van der Waals surface area contributed by atoms with E-state index >= 15 is 0 Å². The minimum atomic E-state index is 0. The molecule has 3 nitrogen and oxygen atoms in total. The van der Waals surface area contributed by atoms with E-state index in [0.717, 1.165) is 17.8 Å². The summed E-state index contributed by atoms with van der Waals surface area (Å²) in [5.74, 6) is 0. The van der Waals surface area contributed by atoms with Gasteiger partial charge in [0.2, 0.25) is 0 Å². The van der Waals surface area contributed by atoms with Crippen LogP contribution >= 0.6 is 24.8 Å². The van der Waals surface area contributed by atoms with Crippen LogP contribution in [0, 0.1) is 13.8 Å². The van der Waals surface area contributed by atoms with Gasteiger partial charge in [-0.25, -0.2) is 0 Å². The van der Waals surface area contributed by atoms with E-state index in [-0.39, 0.29) is 24.8 Å². The van der Waals surface area contributed by atoms with Gasteiger partial charge in [-0.1, -0.05) is 0 Å². The highest BCUT2D eigenvalue weighted by Gasteiger charge is 2.02. The molecule has 72 valence electrons. The number of nitrogens with two attached hydrogens (primary N) is 1. The highest BCUT2D eigenvalue weighted by Crippen LogP contribution is 2.07. The number of H-pyrrole nitrogens is 1. The summed E-state index contributed by atoms with van der Waals surface area (Å²) in [6.07, 6.45) is 0.871. The first-order chi connectivity index (χ1) is 4.75. The molecular formula is C7H15Cl2N3. The van der Waals surface area contributed by atoms with Crippen LogP contribution in [0.25, 0.3) is 0 Å². The molecule has 3 N–H and O–H groups in total. The maximum atomic E-state index is 5.38. The molecule has 0 radical (unpaired) electrons. The molecule has 0 unspecified atom stereocenters. The molecule has 1 aromatic rings. The maximum absolute atomic E-state index is 5.38. The normalized spacial score (nSPS) is 8.58. The van der Waals surface area contributed by atoms with Crippen LogP contribution in [-0.2, 0) is 6.42 Å². The fourth-order valence-corrected chi connectivity index (χ4v) is 0.916. The quantitative estimate of drug-likeness (QED) is 0.777. The van der Waals surface area contributed by atoms with E-state index in [1.807, 2.05) is 6.92 Å². The number of nitrogens with zero attached hydrogens (tertiary/aromatic N) is 1. The molecule has 1 rings (SSSR count). The highest BCUT2D eigenvalue weighted by molar-refractivity contribution is 5.85. The van der Waals surface area contributed by atoms with Crippen molar-refractivity contribution >= 4 is 24.8 Å². The van der Waals surface area contributed by atoms with Crippen LogP contribution in [-0.4, -0.2) is 16.7 Å². The third-order valence-electron chi connectivity index (χ3n) is 1.74. The van der Waals surface area contributed by atoms with Crippen LogP contribution in [0.3, 0.4) is 0 Å². The van der Waals surface area contributed by atoms with Crippen molar-refractivity contribution in [2.75, 3.05) is 6.54 Å². The summed E-state index contributed by atoms with van der Waals surface area (Å²) in [7, 11) is 0. The number of hydrogen-bond acceptors (Lipinski definition) is 2. The zero-order valence-corrected chi connectivity index (χ0v) is 8.89. The Morgan fingerprint density at radius 1 is 1.33 bits per heavy atom. The number of aromatic nitrogens is 2. The highest BCUT2D eigenvalue weighted by atomic mass is 35.5. The van der Waals surface area contributed by atoms with Gasteiger partial charge in [0.05, 0.1) is 5.69 Å². The molecule has 0 aromatic carbocycles. The van der Waals surface area contributed by atoms with Crippen molar-refractivity contribution in [3.63, 3.8) is 0 Å². The lowest BCUT2D eigenvalue weighted by atomic mass is 10.2. The van der Waals surface area contributed by atoms with Crippen molar-refractivity contribution in [2.45, 2.75) is 20.3 Å². The van der Waals surface area contributed by atoms with Gasteiger partial charge >= 0.3 is 0 Å². The van der Waals surface area contributed by atoms with Crippen LogP contribution in [0.15, 0.2) is 0 Å². The maximum Gasteiger partial charge on any atom is 0.0666 e. The van der Waals surface area contributed by atoms with Crippen molar-refractivity contribution in [3.05, 3.63) is 17.0 Å². The summed E-state index contributed by atoms with van der Waals surface area (Å²) in [6.45, 7) is 4.75. The average molecular weight is 212 g/mol. The molecule has 0 spiro atoms. The molecule has 12 heavy (non-hydrogen) atoms. The standard InChI is InChI=1S/C7H13N3.2ClH/c1-5-6(2)9-10-7(5)3-4-8;;/h3-4,8H2,1-2H3,(H,9,10);2*1H. The fraction of sp³-hybridized carbons (Fsp3) is 0.571. The smallest absolute Gasteiger partial charge is 0.0666 e. The molecule has 1 aromatic heterocycles. The van der Waals surface area contributed by atoms with E-state index in [4.69, 9.17) is 5.73 Å². The molecule has 0 atom stereocenters. The molecular weight excluding hydrogens is 197 g/mol. The van der Waals surface area contributed by atoms with E-state index in [0.29, 0.717) is 6.54 Å². The van der Waals surface area contributed by atoms with Gasteiger partial charge in [-0.3, -0.25) is 5.10 Å². The Balaban J connectivity index is 0. The summed E-state index contributed by atoms with van der Waals surface area (Å²) >= 11 is 0. The Morgan fingerprint density at radius 2 is 1.92 bits per heavy atom. The van der Waals surface area contributed by atoms with Crippen molar-refractivity contribution in [2.24, 2.45) is 5.73 Å². The SMILES string of the molecule is Cc1[nH]nc(CCN)c1C.Cl.Cl. The van der Waals surface area contributed by atoms with Crippen LogP contribution in [0.4, 0.5) is 0 Å². The largest absolute Gasteiger partial charge is 0.330 e. The summed E-state index contributed by atoms with van der Waals surface area (Å²) in [5, 5.41) is 7.02.